The van der Waals surface area contributed by atoms with Gasteiger partial charge in [0.2, 0.25) is 17.5 Å². The second-order valence-corrected chi connectivity index (χ2v) is 4.91. The van der Waals surface area contributed by atoms with Crippen molar-refractivity contribution in [2.24, 2.45) is 0 Å². The zero-order valence-electron chi connectivity index (χ0n) is 11.3. The Hall–Kier alpha value is -2.01. The van der Waals surface area contributed by atoms with Gasteiger partial charge in [-0.15, -0.1) is 0 Å². The summed E-state index contributed by atoms with van der Waals surface area (Å²) in [6, 6.07) is 9.48. The molecule has 1 fully saturated rings. The number of nitrogens with one attached hydrogen (secondary N) is 1. The third kappa shape index (κ3) is 2.93. The molecule has 0 unspecified atom stereocenters. The first kappa shape index (κ1) is 14.4. The molecule has 0 spiro atoms. The number of ether oxygens (including phenoxy) is 1. The molecular weight excluding hydrogens is 258 g/mol. The van der Waals surface area contributed by atoms with E-state index in [9.17, 15) is 14.4 Å². The van der Waals surface area contributed by atoms with Gasteiger partial charge in [0, 0.05) is 7.11 Å². The van der Waals surface area contributed by atoms with Crippen molar-refractivity contribution in [3.63, 3.8) is 0 Å². The number of Topliss-reactive ketones (excluding diaryl/α,β-unsaturated/α-hetero) is 2. The number of carbonyl (C=O) groups excluding carboxylic acids is 3. The standard InChI is InChI=1S/C15H17NO4/c1-20-10-13(18)12(17)9-16-14(19)15(7-8-15)11-5-3-2-4-6-11/h2-6H,7-10H2,1H3,(H,16,19). The smallest absolute Gasteiger partial charge is 0.231 e. The van der Waals surface area contributed by atoms with Crippen molar-refractivity contribution in [3.05, 3.63) is 35.9 Å². The normalized spacial score (nSPS) is 15.4. The Labute approximate surface area is 117 Å². The van der Waals surface area contributed by atoms with Gasteiger partial charge in [-0.25, -0.2) is 0 Å². The lowest BCUT2D eigenvalue weighted by atomic mass is 9.95. The fourth-order valence-corrected chi connectivity index (χ4v) is 2.17. The highest BCUT2D eigenvalue weighted by atomic mass is 16.5. The first-order chi connectivity index (χ1) is 9.60. The monoisotopic (exact) mass is 275 g/mol. The summed E-state index contributed by atoms with van der Waals surface area (Å²) in [7, 11) is 1.35. The lowest BCUT2D eigenvalue weighted by molar-refractivity contribution is -0.139. The van der Waals surface area contributed by atoms with Crippen LogP contribution in [0.2, 0.25) is 0 Å². The largest absolute Gasteiger partial charge is 0.376 e. The van der Waals surface area contributed by atoms with E-state index in [4.69, 9.17) is 0 Å². The maximum atomic E-state index is 12.2. The number of benzene rings is 1. The van der Waals surface area contributed by atoms with Gasteiger partial charge in [-0.1, -0.05) is 30.3 Å². The molecule has 5 heteroatoms. The molecule has 1 aliphatic rings. The third-order valence-corrected chi connectivity index (χ3v) is 3.51. The lowest BCUT2D eigenvalue weighted by Crippen LogP contribution is -2.40. The Morgan fingerprint density at radius 3 is 2.35 bits per heavy atom. The van der Waals surface area contributed by atoms with E-state index in [0.717, 1.165) is 18.4 Å². The number of rotatable bonds is 7. The Balaban J connectivity index is 1.93. The van der Waals surface area contributed by atoms with Crippen LogP contribution in [0, 0.1) is 0 Å². The number of hydrogen-bond donors (Lipinski definition) is 1. The van der Waals surface area contributed by atoms with Gasteiger partial charge in [-0.3, -0.25) is 14.4 Å². The average Bonchev–Trinajstić information content (AvgIpc) is 3.27. The summed E-state index contributed by atoms with van der Waals surface area (Å²) in [5.41, 5.74) is 0.430. The quantitative estimate of drug-likeness (QED) is 0.740. The van der Waals surface area contributed by atoms with Crippen molar-refractivity contribution in [1.29, 1.82) is 0 Å². The van der Waals surface area contributed by atoms with Gasteiger partial charge in [-0.2, -0.15) is 0 Å². The van der Waals surface area contributed by atoms with E-state index in [-0.39, 0.29) is 19.1 Å². The highest BCUT2D eigenvalue weighted by Crippen LogP contribution is 2.48. The summed E-state index contributed by atoms with van der Waals surface area (Å²) in [5, 5.41) is 2.56. The molecule has 1 aliphatic carbocycles. The number of amides is 1. The summed E-state index contributed by atoms with van der Waals surface area (Å²) >= 11 is 0. The number of ketones is 2. The molecule has 20 heavy (non-hydrogen) atoms. The maximum Gasteiger partial charge on any atom is 0.231 e. The minimum absolute atomic E-state index is 0.192. The molecule has 0 aliphatic heterocycles. The fourth-order valence-electron chi connectivity index (χ4n) is 2.17. The molecule has 1 aromatic rings. The van der Waals surface area contributed by atoms with Gasteiger partial charge in [0.25, 0.3) is 0 Å². The van der Waals surface area contributed by atoms with Crippen molar-refractivity contribution < 1.29 is 19.1 Å². The van der Waals surface area contributed by atoms with Crippen LogP contribution < -0.4 is 5.32 Å². The van der Waals surface area contributed by atoms with Crippen LogP contribution in [0.1, 0.15) is 18.4 Å². The SMILES string of the molecule is COCC(=O)C(=O)CNC(=O)C1(c2ccccc2)CC1. The second-order valence-electron chi connectivity index (χ2n) is 4.91. The Bertz CT molecular complexity index is 520. The molecule has 1 amide bonds. The van der Waals surface area contributed by atoms with Crippen LogP contribution in [0.3, 0.4) is 0 Å². The van der Waals surface area contributed by atoms with E-state index >= 15 is 0 Å². The molecule has 2 rings (SSSR count). The highest BCUT2D eigenvalue weighted by Gasteiger charge is 2.51. The van der Waals surface area contributed by atoms with Crippen LogP contribution in [0.5, 0.6) is 0 Å². The van der Waals surface area contributed by atoms with Crippen molar-refractivity contribution in [3.8, 4) is 0 Å². The molecule has 0 aromatic heterocycles. The minimum Gasteiger partial charge on any atom is -0.376 e. The lowest BCUT2D eigenvalue weighted by Gasteiger charge is -2.15. The zero-order valence-corrected chi connectivity index (χ0v) is 11.3. The van der Waals surface area contributed by atoms with Crippen LogP contribution in [0.15, 0.2) is 30.3 Å². The number of methoxy groups -OCH3 is 1. The van der Waals surface area contributed by atoms with Crippen LogP contribution in [0.25, 0.3) is 0 Å². The summed E-state index contributed by atoms with van der Waals surface area (Å²) in [6.45, 7) is -0.520. The van der Waals surface area contributed by atoms with E-state index in [0.29, 0.717) is 0 Å². The van der Waals surface area contributed by atoms with Gasteiger partial charge < -0.3 is 10.1 Å². The van der Waals surface area contributed by atoms with Crippen molar-refractivity contribution >= 4 is 17.5 Å². The van der Waals surface area contributed by atoms with Gasteiger partial charge >= 0.3 is 0 Å². The molecule has 0 saturated heterocycles. The van der Waals surface area contributed by atoms with Crippen LogP contribution >= 0.6 is 0 Å². The van der Waals surface area contributed by atoms with E-state index in [1.165, 1.54) is 7.11 Å². The zero-order chi connectivity index (χ0) is 14.6. The van der Waals surface area contributed by atoms with Crippen molar-refractivity contribution in [2.75, 3.05) is 20.3 Å². The molecule has 5 nitrogen and oxygen atoms in total. The van der Waals surface area contributed by atoms with Gasteiger partial charge in [0.05, 0.1) is 12.0 Å². The minimum atomic E-state index is -0.635. The maximum absolute atomic E-state index is 12.2. The summed E-state index contributed by atoms with van der Waals surface area (Å²) in [6.07, 6.45) is 1.53. The van der Waals surface area contributed by atoms with Crippen LogP contribution in [0.4, 0.5) is 0 Å². The topological polar surface area (TPSA) is 72.5 Å². The predicted octanol–water partition coefficient (Wildman–Crippen LogP) is 0.619. The van der Waals surface area contributed by atoms with Gasteiger partial charge in [-0.05, 0) is 18.4 Å². The van der Waals surface area contributed by atoms with Gasteiger partial charge in [0.1, 0.15) is 6.61 Å². The molecule has 0 atom stereocenters. The predicted molar refractivity (Wildman–Crippen MR) is 72.3 cm³/mol. The molecular formula is C15H17NO4. The van der Waals surface area contributed by atoms with Crippen LogP contribution in [-0.2, 0) is 24.5 Å². The van der Waals surface area contributed by atoms with Gasteiger partial charge in [0.15, 0.2) is 0 Å². The van der Waals surface area contributed by atoms with E-state index in [1.807, 2.05) is 30.3 Å². The number of hydrogen-bond acceptors (Lipinski definition) is 4. The van der Waals surface area contributed by atoms with Crippen molar-refractivity contribution in [1.82, 2.24) is 5.32 Å². The average molecular weight is 275 g/mol. The molecule has 106 valence electrons. The Morgan fingerprint density at radius 2 is 1.80 bits per heavy atom. The third-order valence-electron chi connectivity index (χ3n) is 3.51. The highest BCUT2D eigenvalue weighted by molar-refractivity contribution is 6.38. The van der Waals surface area contributed by atoms with E-state index in [1.54, 1.807) is 0 Å². The molecule has 1 aromatic carbocycles. The summed E-state index contributed by atoms with van der Waals surface area (Å²) in [4.78, 5) is 34.9. The molecule has 1 N–H and O–H groups in total. The molecule has 0 radical (unpaired) electrons. The van der Waals surface area contributed by atoms with E-state index in [2.05, 4.69) is 10.1 Å². The molecule has 1 saturated carbocycles. The first-order valence-electron chi connectivity index (χ1n) is 6.49. The number of carbonyl (C=O) groups is 3. The second kappa shape index (κ2) is 5.96. The fraction of sp³-hybridized carbons (Fsp3) is 0.400. The molecule has 0 heterocycles. The summed E-state index contributed by atoms with van der Waals surface area (Å²) < 4.78 is 4.60. The molecule has 0 bridgehead atoms. The van der Waals surface area contributed by atoms with Crippen molar-refractivity contribution in [2.45, 2.75) is 18.3 Å². The van der Waals surface area contributed by atoms with Crippen LogP contribution in [-0.4, -0.2) is 37.7 Å². The summed E-state index contributed by atoms with van der Waals surface area (Å²) in [5.74, 6) is -1.45. The van der Waals surface area contributed by atoms with E-state index < -0.39 is 17.0 Å². The Kier molecular flexibility index (Phi) is 4.29. The Morgan fingerprint density at radius 1 is 1.15 bits per heavy atom. The first-order valence-corrected chi connectivity index (χ1v) is 6.49.